The van der Waals surface area contributed by atoms with Crippen LogP contribution in [0.25, 0.3) is 44.1 Å². The Bertz CT molecular complexity index is 1380. The molecule has 0 saturated heterocycles. The number of anilines is 1. The molecule has 0 aliphatic rings. The largest absolute Gasteiger partial charge is 0.424 e. The number of nitrogens with two attached hydrogens (primary N) is 1. The second-order valence-corrected chi connectivity index (χ2v) is 6.37. The first-order valence-corrected chi connectivity index (χ1v) is 8.62. The molecule has 0 aliphatic carbocycles. The van der Waals surface area contributed by atoms with Crippen LogP contribution in [0.2, 0.25) is 0 Å². The van der Waals surface area contributed by atoms with Gasteiger partial charge in [-0.1, -0.05) is 18.2 Å². The van der Waals surface area contributed by atoms with E-state index in [0.29, 0.717) is 16.8 Å². The van der Waals surface area contributed by atoms with Crippen molar-refractivity contribution in [2.45, 2.75) is 0 Å². The van der Waals surface area contributed by atoms with Crippen LogP contribution >= 0.6 is 0 Å². The molecule has 6 heteroatoms. The van der Waals surface area contributed by atoms with Gasteiger partial charge in [0.1, 0.15) is 17.3 Å². The monoisotopic (exact) mass is 363 g/mol. The van der Waals surface area contributed by atoms with Crippen molar-refractivity contribution in [3.05, 3.63) is 72.8 Å². The van der Waals surface area contributed by atoms with E-state index in [4.69, 9.17) is 10.2 Å². The zero-order valence-electron chi connectivity index (χ0n) is 14.6. The summed E-state index contributed by atoms with van der Waals surface area (Å²) in [4.78, 5) is 12.6. The third-order valence-corrected chi connectivity index (χ3v) is 4.70. The molecular formula is C22H13N5O. The van der Waals surface area contributed by atoms with Gasteiger partial charge in [-0.2, -0.15) is 10.2 Å². The van der Waals surface area contributed by atoms with E-state index < -0.39 is 0 Å². The highest BCUT2D eigenvalue weighted by Crippen LogP contribution is 2.34. The second kappa shape index (κ2) is 6.18. The van der Waals surface area contributed by atoms with E-state index in [1.807, 2.05) is 42.5 Å². The van der Waals surface area contributed by atoms with Crippen molar-refractivity contribution in [3.8, 4) is 28.3 Å². The number of benzene rings is 2. The quantitative estimate of drug-likeness (QED) is 0.493. The standard InChI is InChI=1S/C22H13N5O/c23-11-19-21(13-5-7-25-8-6-13)17-9-14(1-2-16(17)12-26-19)15-3-4-20-18(10-15)27-22(24)28-20/h1-10,12H,(H2,24,27). The number of fused-ring (bicyclic) bond motifs is 2. The minimum absolute atomic E-state index is 0.148. The van der Waals surface area contributed by atoms with E-state index in [0.717, 1.165) is 33.0 Å². The lowest BCUT2D eigenvalue weighted by Crippen LogP contribution is -1.92. The fraction of sp³-hybridized carbons (Fsp3) is 0. The molecule has 3 heterocycles. The van der Waals surface area contributed by atoms with Crippen LogP contribution in [0, 0.1) is 11.3 Å². The van der Waals surface area contributed by atoms with Gasteiger partial charge in [-0.3, -0.25) is 4.98 Å². The molecule has 2 aromatic carbocycles. The van der Waals surface area contributed by atoms with Gasteiger partial charge >= 0.3 is 0 Å². The van der Waals surface area contributed by atoms with Gasteiger partial charge in [-0.15, -0.1) is 0 Å². The lowest BCUT2D eigenvalue weighted by molar-refractivity contribution is 0.626. The summed E-state index contributed by atoms with van der Waals surface area (Å²) in [7, 11) is 0. The topological polar surface area (TPSA) is 102 Å². The number of hydrogen-bond acceptors (Lipinski definition) is 6. The molecular weight excluding hydrogens is 350 g/mol. The molecule has 5 aromatic rings. The summed E-state index contributed by atoms with van der Waals surface area (Å²) in [5, 5.41) is 11.5. The van der Waals surface area contributed by atoms with Crippen molar-refractivity contribution >= 4 is 27.9 Å². The average molecular weight is 363 g/mol. The third kappa shape index (κ3) is 2.54. The second-order valence-electron chi connectivity index (χ2n) is 6.37. The first-order chi connectivity index (χ1) is 13.7. The summed E-state index contributed by atoms with van der Waals surface area (Å²) in [6, 6.07) is 18.0. The smallest absolute Gasteiger partial charge is 0.292 e. The number of aromatic nitrogens is 3. The predicted molar refractivity (Wildman–Crippen MR) is 107 cm³/mol. The lowest BCUT2D eigenvalue weighted by Gasteiger charge is -2.10. The minimum atomic E-state index is 0.148. The van der Waals surface area contributed by atoms with Crippen LogP contribution in [0.15, 0.2) is 71.5 Å². The summed E-state index contributed by atoms with van der Waals surface area (Å²) in [5.41, 5.74) is 11.1. The highest BCUT2D eigenvalue weighted by molar-refractivity contribution is 6.00. The Morgan fingerprint density at radius 1 is 0.929 bits per heavy atom. The molecule has 0 unspecified atom stereocenters. The highest BCUT2D eigenvalue weighted by Gasteiger charge is 2.13. The van der Waals surface area contributed by atoms with Crippen LogP contribution < -0.4 is 5.73 Å². The maximum atomic E-state index is 9.59. The van der Waals surface area contributed by atoms with Gasteiger partial charge in [-0.05, 0) is 52.4 Å². The lowest BCUT2D eigenvalue weighted by atomic mass is 9.95. The molecule has 6 nitrogen and oxygen atoms in total. The predicted octanol–water partition coefficient (Wildman–Crippen LogP) is 4.56. The van der Waals surface area contributed by atoms with Crippen molar-refractivity contribution in [2.75, 3.05) is 5.73 Å². The van der Waals surface area contributed by atoms with Crippen molar-refractivity contribution in [2.24, 2.45) is 0 Å². The highest BCUT2D eigenvalue weighted by atomic mass is 16.4. The van der Waals surface area contributed by atoms with Gasteiger partial charge in [0.05, 0.1) is 0 Å². The summed E-state index contributed by atoms with van der Waals surface area (Å²) >= 11 is 0. The number of nitrogens with zero attached hydrogens (tertiary/aromatic N) is 4. The molecule has 132 valence electrons. The zero-order valence-corrected chi connectivity index (χ0v) is 14.6. The van der Waals surface area contributed by atoms with Crippen molar-refractivity contribution in [1.82, 2.24) is 15.0 Å². The van der Waals surface area contributed by atoms with Crippen molar-refractivity contribution < 1.29 is 4.42 Å². The average Bonchev–Trinajstić information content (AvgIpc) is 3.12. The molecule has 0 amide bonds. The molecule has 5 rings (SSSR count). The molecule has 0 saturated carbocycles. The van der Waals surface area contributed by atoms with Gasteiger partial charge in [0.2, 0.25) is 0 Å². The summed E-state index contributed by atoms with van der Waals surface area (Å²) in [5.74, 6) is 0. The van der Waals surface area contributed by atoms with Gasteiger partial charge in [0.25, 0.3) is 6.01 Å². The molecule has 0 radical (unpaired) electrons. The summed E-state index contributed by atoms with van der Waals surface area (Å²) in [6.45, 7) is 0. The maximum absolute atomic E-state index is 9.59. The number of nitrogen functional groups attached to an aromatic ring is 1. The first kappa shape index (κ1) is 16.0. The van der Waals surface area contributed by atoms with Crippen LogP contribution in [-0.2, 0) is 0 Å². The minimum Gasteiger partial charge on any atom is -0.424 e. The first-order valence-electron chi connectivity index (χ1n) is 8.62. The molecule has 0 fully saturated rings. The van der Waals surface area contributed by atoms with Crippen LogP contribution in [0.1, 0.15) is 5.69 Å². The Labute approximate surface area is 159 Å². The zero-order chi connectivity index (χ0) is 19.1. The van der Waals surface area contributed by atoms with E-state index in [1.54, 1.807) is 18.6 Å². The molecule has 0 bridgehead atoms. The summed E-state index contributed by atoms with van der Waals surface area (Å²) < 4.78 is 5.35. The Balaban J connectivity index is 1.76. The molecule has 0 aliphatic heterocycles. The maximum Gasteiger partial charge on any atom is 0.292 e. The molecule has 3 aromatic heterocycles. The van der Waals surface area contributed by atoms with Crippen molar-refractivity contribution in [3.63, 3.8) is 0 Å². The van der Waals surface area contributed by atoms with Crippen LogP contribution in [0.5, 0.6) is 0 Å². The van der Waals surface area contributed by atoms with E-state index >= 15 is 0 Å². The Morgan fingerprint density at radius 3 is 2.54 bits per heavy atom. The molecule has 28 heavy (non-hydrogen) atoms. The van der Waals surface area contributed by atoms with Gasteiger partial charge in [0.15, 0.2) is 5.58 Å². The van der Waals surface area contributed by atoms with Gasteiger partial charge in [0, 0.05) is 29.5 Å². The van der Waals surface area contributed by atoms with Crippen molar-refractivity contribution in [1.29, 1.82) is 5.26 Å². The number of nitriles is 1. The number of oxazole rings is 1. The number of rotatable bonds is 2. The van der Waals surface area contributed by atoms with Crippen LogP contribution in [0.4, 0.5) is 6.01 Å². The fourth-order valence-electron chi connectivity index (χ4n) is 3.41. The number of hydrogen-bond donors (Lipinski definition) is 1. The van der Waals surface area contributed by atoms with Gasteiger partial charge in [-0.25, -0.2) is 4.98 Å². The summed E-state index contributed by atoms with van der Waals surface area (Å²) in [6.07, 6.45) is 5.15. The Morgan fingerprint density at radius 2 is 1.71 bits per heavy atom. The van der Waals surface area contributed by atoms with Crippen LogP contribution in [0.3, 0.4) is 0 Å². The van der Waals surface area contributed by atoms with E-state index in [1.165, 1.54) is 0 Å². The molecule has 0 spiro atoms. The van der Waals surface area contributed by atoms with E-state index in [9.17, 15) is 5.26 Å². The fourth-order valence-corrected chi connectivity index (χ4v) is 3.41. The molecule has 2 N–H and O–H groups in total. The normalized spacial score (nSPS) is 11.0. The SMILES string of the molecule is N#Cc1ncc2ccc(-c3ccc4oc(N)nc4c3)cc2c1-c1ccncc1. The number of pyridine rings is 2. The molecule has 0 atom stereocenters. The van der Waals surface area contributed by atoms with Crippen LogP contribution in [-0.4, -0.2) is 15.0 Å². The van der Waals surface area contributed by atoms with Gasteiger partial charge < -0.3 is 10.2 Å². The van der Waals surface area contributed by atoms with E-state index in [2.05, 4.69) is 27.1 Å². The van der Waals surface area contributed by atoms with E-state index in [-0.39, 0.29) is 6.01 Å². The Kier molecular flexibility index (Phi) is 3.53. The Hall–Kier alpha value is -4.24. The third-order valence-electron chi connectivity index (χ3n) is 4.70.